The largest absolute Gasteiger partial charge is 0.278 e. The first-order chi connectivity index (χ1) is 59.0. The molecule has 0 spiro atoms. The number of fused-ring (bicyclic) bond motifs is 20. The Balaban J connectivity index is 0.714. The fourth-order valence-electron chi connectivity index (χ4n) is 19.7. The molecule has 0 fully saturated rings. The quantitative estimate of drug-likeness (QED) is 0.0828. The predicted octanol–water partition coefficient (Wildman–Crippen LogP) is 18.6. The highest BCUT2D eigenvalue weighted by Gasteiger charge is 2.50. The van der Waals surface area contributed by atoms with Crippen molar-refractivity contribution in [1.29, 1.82) is 0 Å². The molecule has 23 aromatic rings. The number of nitrogens with zero attached hydrogens (tertiary/aromatic N) is 12. The highest BCUT2D eigenvalue weighted by Crippen LogP contribution is 2.48. The van der Waals surface area contributed by atoms with Gasteiger partial charge >= 0.3 is 0 Å². The van der Waals surface area contributed by atoms with E-state index < -0.39 is 16.1 Å². The molecule has 0 saturated heterocycles. The summed E-state index contributed by atoms with van der Waals surface area (Å²) < 4.78 is 13.7. The fourth-order valence-corrected chi connectivity index (χ4v) is 31.6. The highest BCUT2D eigenvalue weighted by molar-refractivity contribution is 8.00. The van der Waals surface area contributed by atoms with Crippen LogP contribution in [0.15, 0.2) is 393 Å². The fraction of sp³-hybridized carbons (Fsp3) is 0.0194. The topological polar surface area (TPSA) is 114 Å². The minimum atomic E-state index is -3.63. The number of hydrogen-bond acceptors (Lipinski definition) is 9. The van der Waals surface area contributed by atoms with Gasteiger partial charge in [-0.2, -0.15) is 9.97 Å². The van der Waals surface area contributed by atoms with Gasteiger partial charge in [-0.25, -0.2) is 29.5 Å². The average molecular weight is 1590 g/mol. The van der Waals surface area contributed by atoms with E-state index in [9.17, 15) is 0 Å². The lowest BCUT2D eigenvalue weighted by atomic mass is 9.93. The van der Waals surface area contributed by atoms with Crippen molar-refractivity contribution in [2.45, 2.75) is 16.1 Å². The van der Waals surface area contributed by atoms with Gasteiger partial charge in [0.15, 0.2) is 0 Å². The summed E-state index contributed by atoms with van der Waals surface area (Å²) >= 11 is 3.80. The molecule has 0 N–H and O–H groups in total. The van der Waals surface area contributed by atoms with Crippen LogP contribution in [0.5, 0.6) is 0 Å². The van der Waals surface area contributed by atoms with Crippen molar-refractivity contribution >= 4 is 195 Å². The van der Waals surface area contributed by atoms with Crippen LogP contribution in [-0.2, 0) is 0 Å². The molecule has 25 rings (SSSR count). The third kappa shape index (κ3) is 10.00. The number of imidazole rings is 2. The lowest BCUT2D eigenvalue weighted by Crippen LogP contribution is -2.77. The van der Waals surface area contributed by atoms with Crippen molar-refractivity contribution in [2.24, 2.45) is 0 Å². The summed E-state index contributed by atoms with van der Waals surface area (Å²) in [6.45, 7) is 0. The normalized spacial score (nSPS) is 14.3. The molecule has 0 saturated carbocycles. The second kappa shape index (κ2) is 26.5. The van der Waals surface area contributed by atoms with Crippen LogP contribution < -0.4 is 42.0 Å². The molecule has 1 aliphatic carbocycles. The SMILES string of the molecule is C1=CC2Sc3c(cccc3[Si](c3ccccc3)(c3ccccc3)c3nc(-n4c5ccccc5c5cc(-c6ccc7c(c6)c6ccccc6n7-c6nc(-n7c8ccccc8c8ccccc87)nc([Si](c7ccccc7)(c7ccccc7)c7ccc8sc9ccccc9c8c7)n6)ccc54)nc(-n4c5ccccc5n5c6ccccc6nc45)n3)C2C=C1. The lowest BCUT2D eigenvalue weighted by molar-refractivity contribution is 0.882. The Labute approximate surface area is 692 Å². The Hall–Kier alpha value is -14.5. The summed E-state index contributed by atoms with van der Waals surface area (Å²) in [4.78, 5) is 42.6. The van der Waals surface area contributed by atoms with Crippen LogP contribution in [0.2, 0.25) is 0 Å². The van der Waals surface area contributed by atoms with E-state index in [4.69, 9.17) is 34.9 Å². The van der Waals surface area contributed by atoms with Gasteiger partial charge in [-0.3, -0.25) is 18.1 Å². The maximum Gasteiger partial charge on any atom is 0.241 e. The molecule has 2 unspecified atom stereocenters. The van der Waals surface area contributed by atoms with Crippen LogP contribution in [0, 0.1) is 0 Å². The number of thioether (sulfide) groups is 1. The van der Waals surface area contributed by atoms with Gasteiger partial charge in [-0.05, 0) is 133 Å². The Kier molecular flexibility index (Phi) is 15.1. The number of hydrogen-bond donors (Lipinski definition) is 0. The van der Waals surface area contributed by atoms with Crippen LogP contribution in [0.3, 0.4) is 0 Å². The number of aromatic nitrogens is 12. The Morgan fingerprint density at radius 2 is 0.689 bits per heavy atom. The number of para-hydroxylation sites is 8. The maximum absolute atomic E-state index is 6.12. The highest BCUT2D eigenvalue weighted by atomic mass is 32.2. The maximum atomic E-state index is 6.12. The molecule has 0 bridgehead atoms. The molecule has 119 heavy (non-hydrogen) atoms. The zero-order valence-electron chi connectivity index (χ0n) is 63.8. The number of benzene rings is 15. The Bertz CT molecular complexity index is 8080. The standard InChI is InChI=1S/C103H66N12S2Si2/c1-5-30-67(31-6-1)118(68-32-7-2-8-33-68,71-58-61-94-81(64-71)77-43-18-27-53-92(77)116-94)101-107-97(111-83-46-20-13-38-72(83)73-39-14-21-47-84(73)111)105-98(108-101)112-85-48-22-15-40-74(85)79-62-65(56-59-87(79)112)66-57-60-88-80(63-66)75-41-16-23-49-86(75)113(88)99-106-100(115-91-52-26-25-51-90(91)114-89-50-24-19-45-82(89)104-103(114)115)110-102(109-99)119(69-34-9-3-10-35-69,70-36-11-4-12-37-70)95-55-29-44-78-76-42-17-28-54-93(76)117-96(78)95/h1-64,76,93H. The molecule has 0 radical (unpaired) electrons. The summed E-state index contributed by atoms with van der Waals surface area (Å²) in [6, 6.07) is 133. The average Bonchev–Trinajstić information content (AvgIpc) is 1.32. The lowest BCUT2D eigenvalue weighted by Gasteiger charge is -2.33. The van der Waals surface area contributed by atoms with Gasteiger partial charge in [-0.15, -0.1) is 23.1 Å². The molecule has 9 heterocycles. The zero-order valence-corrected chi connectivity index (χ0v) is 67.4. The summed E-state index contributed by atoms with van der Waals surface area (Å²) in [7, 11) is -7.19. The zero-order chi connectivity index (χ0) is 78.0. The molecule has 15 aromatic carbocycles. The van der Waals surface area contributed by atoms with Gasteiger partial charge < -0.3 is 0 Å². The first-order valence-corrected chi connectivity index (χ1v) is 46.0. The monoisotopic (exact) mass is 1590 g/mol. The number of allylic oxidation sites excluding steroid dienone is 3. The van der Waals surface area contributed by atoms with Gasteiger partial charge in [0, 0.05) is 68.6 Å². The van der Waals surface area contributed by atoms with Gasteiger partial charge in [0.1, 0.15) is 10.9 Å². The molecular weight excluding hydrogens is 1530 g/mol. The van der Waals surface area contributed by atoms with Crippen LogP contribution in [0.4, 0.5) is 0 Å². The minimum Gasteiger partial charge on any atom is -0.278 e. The van der Waals surface area contributed by atoms with Gasteiger partial charge in [-0.1, -0.05) is 303 Å². The van der Waals surface area contributed by atoms with E-state index in [1.807, 2.05) is 23.1 Å². The first-order valence-electron chi connectivity index (χ1n) is 40.3. The Morgan fingerprint density at radius 1 is 0.269 bits per heavy atom. The van der Waals surface area contributed by atoms with Crippen LogP contribution in [-0.4, -0.2) is 79.0 Å². The van der Waals surface area contributed by atoms with Crippen LogP contribution in [0.25, 0.3) is 148 Å². The second-order valence-corrected chi connectivity index (χ2v) is 40.6. The molecule has 8 aromatic heterocycles. The van der Waals surface area contributed by atoms with Gasteiger partial charge in [0.25, 0.3) is 0 Å². The smallest absolute Gasteiger partial charge is 0.241 e. The molecule has 2 aliphatic rings. The molecule has 12 nitrogen and oxygen atoms in total. The van der Waals surface area contributed by atoms with Crippen molar-refractivity contribution in [3.05, 3.63) is 394 Å². The molecule has 1 aliphatic heterocycles. The van der Waals surface area contributed by atoms with Gasteiger partial charge in [0.2, 0.25) is 45.7 Å². The summed E-state index contributed by atoms with van der Waals surface area (Å²) in [6.07, 6.45) is 9.14. The van der Waals surface area contributed by atoms with Crippen molar-refractivity contribution in [3.8, 4) is 34.9 Å². The molecule has 16 heteroatoms. The number of thiophene rings is 1. The van der Waals surface area contributed by atoms with E-state index in [-0.39, 0.29) is 11.2 Å². The minimum absolute atomic E-state index is 0.221. The van der Waals surface area contributed by atoms with E-state index in [0.29, 0.717) is 35.0 Å². The van der Waals surface area contributed by atoms with Crippen LogP contribution in [0.1, 0.15) is 11.5 Å². The molecule has 0 amide bonds. The van der Waals surface area contributed by atoms with E-state index in [0.717, 1.165) is 114 Å². The van der Waals surface area contributed by atoms with E-state index in [2.05, 4.69) is 411 Å². The van der Waals surface area contributed by atoms with Crippen molar-refractivity contribution in [2.75, 3.05) is 0 Å². The van der Waals surface area contributed by atoms with E-state index in [1.165, 1.54) is 51.4 Å². The van der Waals surface area contributed by atoms with Crippen molar-refractivity contribution in [3.63, 3.8) is 0 Å². The molecular formula is C103H66N12S2Si2. The summed E-state index contributed by atoms with van der Waals surface area (Å²) in [5, 5.41) is 16.3. The van der Waals surface area contributed by atoms with Crippen molar-refractivity contribution in [1.82, 2.24) is 57.6 Å². The van der Waals surface area contributed by atoms with Gasteiger partial charge in [0.05, 0.1) is 55.2 Å². The third-order valence-corrected chi connectivity index (χ3v) is 36.6. The Morgan fingerprint density at radius 3 is 1.24 bits per heavy atom. The third-order valence-electron chi connectivity index (χ3n) is 24.8. The van der Waals surface area contributed by atoms with E-state index >= 15 is 0 Å². The summed E-state index contributed by atoms with van der Waals surface area (Å²) in [5.74, 6) is 2.96. The van der Waals surface area contributed by atoms with E-state index in [1.54, 1.807) is 0 Å². The first kappa shape index (κ1) is 67.8. The molecule has 2 atom stereocenters. The molecule has 558 valence electrons. The van der Waals surface area contributed by atoms with Crippen molar-refractivity contribution < 1.29 is 0 Å². The summed E-state index contributed by atoms with van der Waals surface area (Å²) in [5.41, 5.74) is 14.5. The number of rotatable bonds is 13. The predicted molar refractivity (Wildman–Crippen MR) is 496 cm³/mol. The van der Waals surface area contributed by atoms with Crippen LogP contribution >= 0.6 is 23.1 Å². The second-order valence-electron chi connectivity index (χ2n) is 31.0.